The fourth-order valence-corrected chi connectivity index (χ4v) is 2.84. The summed E-state index contributed by atoms with van der Waals surface area (Å²) in [6.45, 7) is -0.00921. The van der Waals surface area contributed by atoms with E-state index < -0.39 is 0 Å². The van der Waals surface area contributed by atoms with Crippen LogP contribution in [0.25, 0.3) is 11.4 Å². The van der Waals surface area contributed by atoms with Gasteiger partial charge in [0.05, 0.1) is 11.7 Å². The molecular weight excluding hydrogens is 354 g/mol. The van der Waals surface area contributed by atoms with Crippen molar-refractivity contribution < 1.29 is 9.53 Å². The first-order valence-electron chi connectivity index (χ1n) is 8.99. The Kier molecular flexibility index (Phi) is 6.64. The molecule has 2 heterocycles. The highest BCUT2D eigenvalue weighted by atomic mass is 16.5. The van der Waals surface area contributed by atoms with Crippen molar-refractivity contribution >= 4 is 11.7 Å². The van der Waals surface area contributed by atoms with Gasteiger partial charge in [-0.2, -0.15) is 0 Å². The van der Waals surface area contributed by atoms with Gasteiger partial charge in [-0.1, -0.05) is 30.3 Å². The molecule has 0 aliphatic rings. The number of nitrogens with one attached hydrogen (secondary N) is 2. The molecule has 0 saturated heterocycles. The highest BCUT2D eigenvalue weighted by Crippen LogP contribution is 2.23. The predicted molar refractivity (Wildman–Crippen MR) is 108 cm³/mol. The molecule has 1 atom stereocenters. The zero-order valence-electron chi connectivity index (χ0n) is 15.9. The molecule has 0 bridgehead atoms. The Morgan fingerprint density at radius 3 is 2.64 bits per heavy atom. The molecule has 3 rings (SSSR count). The molecule has 0 aliphatic carbocycles. The van der Waals surface area contributed by atoms with Crippen molar-refractivity contribution in [3.8, 4) is 11.4 Å². The predicted octanol–water partition coefficient (Wildman–Crippen LogP) is 2.63. The minimum absolute atomic E-state index is 0.00921. The summed E-state index contributed by atoms with van der Waals surface area (Å²) in [7, 11) is 3.30. The standard InChI is InChI=1S/C21H23N5O2/c1-22-19-12-18(25-21(26-19)16-9-6-10-23-13-16)17(24-20(27)14-28-2)11-15-7-4-3-5-8-15/h3-10,12-13,17H,11,14H2,1-2H3,(H,24,27)(H,22,25,26). The molecule has 144 valence electrons. The van der Waals surface area contributed by atoms with Crippen LogP contribution in [-0.2, 0) is 16.0 Å². The maximum absolute atomic E-state index is 12.2. The summed E-state index contributed by atoms with van der Waals surface area (Å²) >= 11 is 0. The lowest BCUT2D eigenvalue weighted by atomic mass is 10.0. The topological polar surface area (TPSA) is 89.0 Å². The van der Waals surface area contributed by atoms with Gasteiger partial charge in [-0.3, -0.25) is 9.78 Å². The van der Waals surface area contributed by atoms with Gasteiger partial charge in [0, 0.05) is 38.2 Å². The second-order valence-electron chi connectivity index (χ2n) is 6.24. The van der Waals surface area contributed by atoms with E-state index in [4.69, 9.17) is 9.72 Å². The average Bonchev–Trinajstić information content (AvgIpc) is 2.74. The van der Waals surface area contributed by atoms with Crippen LogP contribution in [0.2, 0.25) is 0 Å². The number of amides is 1. The van der Waals surface area contributed by atoms with Crippen molar-refractivity contribution in [1.82, 2.24) is 20.3 Å². The Bertz CT molecular complexity index is 903. The van der Waals surface area contributed by atoms with Crippen LogP contribution in [0, 0.1) is 0 Å². The van der Waals surface area contributed by atoms with Gasteiger partial charge in [0.15, 0.2) is 5.82 Å². The maximum Gasteiger partial charge on any atom is 0.246 e. The highest BCUT2D eigenvalue weighted by molar-refractivity contribution is 5.77. The van der Waals surface area contributed by atoms with E-state index in [1.165, 1.54) is 7.11 Å². The third-order valence-electron chi connectivity index (χ3n) is 4.17. The Balaban J connectivity index is 1.98. The molecule has 0 spiro atoms. The molecule has 2 aromatic heterocycles. The summed E-state index contributed by atoms with van der Waals surface area (Å²) in [4.78, 5) is 25.6. The van der Waals surface area contributed by atoms with Crippen LogP contribution in [0.1, 0.15) is 17.3 Å². The Morgan fingerprint density at radius 2 is 1.96 bits per heavy atom. The van der Waals surface area contributed by atoms with Gasteiger partial charge in [0.25, 0.3) is 0 Å². The summed E-state index contributed by atoms with van der Waals surface area (Å²) in [5.74, 6) is 1.02. The van der Waals surface area contributed by atoms with E-state index in [2.05, 4.69) is 20.6 Å². The van der Waals surface area contributed by atoms with Crippen LogP contribution < -0.4 is 10.6 Å². The molecule has 28 heavy (non-hydrogen) atoms. The molecule has 0 saturated carbocycles. The fourth-order valence-electron chi connectivity index (χ4n) is 2.84. The summed E-state index contributed by atoms with van der Waals surface area (Å²) in [6, 6.07) is 15.2. The van der Waals surface area contributed by atoms with E-state index in [9.17, 15) is 4.79 Å². The van der Waals surface area contributed by atoms with Gasteiger partial charge in [0.1, 0.15) is 12.4 Å². The van der Waals surface area contributed by atoms with Gasteiger partial charge < -0.3 is 15.4 Å². The molecule has 2 N–H and O–H groups in total. The van der Waals surface area contributed by atoms with Crippen LogP contribution in [-0.4, -0.2) is 41.6 Å². The highest BCUT2D eigenvalue weighted by Gasteiger charge is 2.19. The third-order valence-corrected chi connectivity index (χ3v) is 4.17. The van der Waals surface area contributed by atoms with Crippen LogP contribution in [0.3, 0.4) is 0 Å². The van der Waals surface area contributed by atoms with E-state index in [1.54, 1.807) is 19.4 Å². The second-order valence-corrected chi connectivity index (χ2v) is 6.24. The number of aromatic nitrogens is 3. The number of nitrogens with zero attached hydrogens (tertiary/aromatic N) is 3. The number of anilines is 1. The van der Waals surface area contributed by atoms with Crippen molar-refractivity contribution in [2.24, 2.45) is 0 Å². The smallest absolute Gasteiger partial charge is 0.246 e. The summed E-state index contributed by atoms with van der Waals surface area (Å²) in [5, 5.41) is 6.08. The molecule has 1 unspecified atom stereocenters. The Hall–Kier alpha value is -3.32. The minimum Gasteiger partial charge on any atom is -0.375 e. The van der Waals surface area contributed by atoms with Gasteiger partial charge in [-0.15, -0.1) is 0 Å². The SMILES string of the molecule is CNc1cc(C(Cc2ccccc2)NC(=O)COC)nc(-c2cccnc2)n1. The number of hydrogen-bond donors (Lipinski definition) is 2. The molecular formula is C21H23N5O2. The number of carbonyl (C=O) groups excluding carboxylic acids is 1. The van der Waals surface area contributed by atoms with Crippen LogP contribution in [0.5, 0.6) is 0 Å². The molecule has 3 aromatic rings. The number of rotatable bonds is 8. The van der Waals surface area contributed by atoms with E-state index in [-0.39, 0.29) is 18.6 Å². The lowest BCUT2D eigenvalue weighted by molar-refractivity contribution is -0.125. The number of ether oxygens (including phenoxy) is 1. The monoisotopic (exact) mass is 377 g/mol. The van der Waals surface area contributed by atoms with Gasteiger partial charge in [-0.05, 0) is 24.1 Å². The zero-order valence-corrected chi connectivity index (χ0v) is 15.9. The molecule has 7 heteroatoms. The van der Waals surface area contributed by atoms with Crippen LogP contribution >= 0.6 is 0 Å². The summed E-state index contributed by atoms with van der Waals surface area (Å²) in [5.41, 5.74) is 2.62. The fraction of sp³-hybridized carbons (Fsp3) is 0.238. The van der Waals surface area contributed by atoms with Crippen molar-refractivity contribution in [2.45, 2.75) is 12.5 Å². The van der Waals surface area contributed by atoms with Crippen molar-refractivity contribution in [3.05, 3.63) is 72.2 Å². The third kappa shape index (κ3) is 5.11. The first-order chi connectivity index (χ1) is 13.7. The number of carbonyl (C=O) groups is 1. The molecule has 0 radical (unpaired) electrons. The maximum atomic E-state index is 12.2. The lowest BCUT2D eigenvalue weighted by Crippen LogP contribution is -2.33. The summed E-state index contributed by atoms with van der Waals surface area (Å²) in [6.07, 6.45) is 4.02. The van der Waals surface area contributed by atoms with Crippen molar-refractivity contribution in [2.75, 3.05) is 26.1 Å². The first-order valence-corrected chi connectivity index (χ1v) is 8.99. The second kappa shape index (κ2) is 9.57. The lowest BCUT2D eigenvalue weighted by Gasteiger charge is -2.20. The van der Waals surface area contributed by atoms with Crippen molar-refractivity contribution in [3.63, 3.8) is 0 Å². The normalized spacial score (nSPS) is 11.6. The number of pyridine rings is 1. The zero-order chi connectivity index (χ0) is 19.8. The molecule has 7 nitrogen and oxygen atoms in total. The van der Waals surface area contributed by atoms with Crippen LogP contribution in [0.15, 0.2) is 60.9 Å². The van der Waals surface area contributed by atoms with Gasteiger partial charge >= 0.3 is 0 Å². The number of methoxy groups -OCH3 is 1. The molecule has 1 aromatic carbocycles. The first kappa shape index (κ1) is 19.4. The largest absolute Gasteiger partial charge is 0.375 e. The average molecular weight is 377 g/mol. The Labute approximate surface area is 164 Å². The van der Waals surface area contributed by atoms with E-state index in [1.807, 2.05) is 48.5 Å². The van der Waals surface area contributed by atoms with E-state index in [0.717, 1.165) is 11.1 Å². The van der Waals surface area contributed by atoms with Crippen LogP contribution in [0.4, 0.5) is 5.82 Å². The van der Waals surface area contributed by atoms with Crippen molar-refractivity contribution in [1.29, 1.82) is 0 Å². The van der Waals surface area contributed by atoms with E-state index in [0.29, 0.717) is 23.8 Å². The quantitative estimate of drug-likeness (QED) is 0.627. The minimum atomic E-state index is -0.324. The van der Waals surface area contributed by atoms with Gasteiger partial charge in [-0.25, -0.2) is 9.97 Å². The summed E-state index contributed by atoms with van der Waals surface area (Å²) < 4.78 is 4.96. The molecule has 1 amide bonds. The Morgan fingerprint density at radius 1 is 1.14 bits per heavy atom. The number of benzene rings is 1. The number of hydrogen-bond acceptors (Lipinski definition) is 6. The molecule has 0 aliphatic heterocycles. The van der Waals surface area contributed by atoms with E-state index >= 15 is 0 Å². The molecule has 0 fully saturated rings. The van der Waals surface area contributed by atoms with Gasteiger partial charge in [0.2, 0.25) is 5.91 Å².